The zero-order chi connectivity index (χ0) is 13.2. The van der Waals surface area contributed by atoms with Crippen LogP contribution in [0.3, 0.4) is 0 Å². The van der Waals surface area contributed by atoms with Gasteiger partial charge in [0, 0.05) is 13.1 Å². The van der Waals surface area contributed by atoms with Crippen molar-refractivity contribution >= 4 is 10.0 Å². The highest BCUT2D eigenvalue weighted by Crippen LogP contribution is 2.31. The molecular weight excluding hydrogens is 248 g/mol. The zero-order valence-electron chi connectivity index (χ0n) is 10.3. The van der Waals surface area contributed by atoms with Crippen molar-refractivity contribution in [3.63, 3.8) is 0 Å². The molecular formula is C13H16N2O2S. The fourth-order valence-electron chi connectivity index (χ4n) is 1.84. The van der Waals surface area contributed by atoms with E-state index in [4.69, 9.17) is 5.26 Å². The van der Waals surface area contributed by atoms with E-state index in [1.54, 1.807) is 0 Å². The second kappa shape index (κ2) is 5.09. The summed E-state index contributed by atoms with van der Waals surface area (Å²) in [5.74, 6) is 0.526. The second-order valence-electron chi connectivity index (χ2n) is 4.54. The van der Waals surface area contributed by atoms with E-state index in [1.165, 1.54) is 28.6 Å². The maximum Gasteiger partial charge on any atom is 0.243 e. The SMILES string of the molecule is CCN(CC1CC1)S(=O)(=O)c1ccc(C#N)cc1. The monoisotopic (exact) mass is 264 g/mol. The third kappa shape index (κ3) is 2.71. The van der Waals surface area contributed by atoms with Crippen molar-refractivity contribution < 1.29 is 8.42 Å². The Balaban J connectivity index is 2.24. The standard InChI is InChI=1S/C13H16N2O2S/c1-2-15(10-12-3-4-12)18(16,17)13-7-5-11(9-14)6-8-13/h5-8,12H,2-4,10H2,1H3. The summed E-state index contributed by atoms with van der Waals surface area (Å²) < 4.78 is 26.3. The van der Waals surface area contributed by atoms with Gasteiger partial charge in [0.15, 0.2) is 0 Å². The smallest absolute Gasteiger partial charge is 0.207 e. The largest absolute Gasteiger partial charge is 0.243 e. The minimum absolute atomic E-state index is 0.268. The molecule has 2 rings (SSSR count). The summed E-state index contributed by atoms with van der Waals surface area (Å²) in [6.07, 6.45) is 2.25. The van der Waals surface area contributed by atoms with Gasteiger partial charge in [0.05, 0.1) is 16.5 Å². The zero-order valence-corrected chi connectivity index (χ0v) is 11.2. The van der Waals surface area contributed by atoms with Crippen molar-refractivity contribution in [2.24, 2.45) is 5.92 Å². The Bertz CT molecular complexity index is 554. The quantitative estimate of drug-likeness (QED) is 0.817. The van der Waals surface area contributed by atoms with Gasteiger partial charge < -0.3 is 0 Å². The molecule has 1 aromatic rings. The molecule has 1 aromatic carbocycles. The van der Waals surface area contributed by atoms with Crippen molar-refractivity contribution in [1.29, 1.82) is 5.26 Å². The lowest BCUT2D eigenvalue weighted by Gasteiger charge is -2.20. The van der Waals surface area contributed by atoms with Gasteiger partial charge in [0.2, 0.25) is 10.0 Å². The van der Waals surface area contributed by atoms with Crippen LogP contribution in [0.5, 0.6) is 0 Å². The van der Waals surface area contributed by atoms with Crippen LogP contribution in [0.2, 0.25) is 0 Å². The number of nitrogens with zero attached hydrogens (tertiary/aromatic N) is 2. The van der Waals surface area contributed by atoms with Crippen molar-refractivity contribution in [3.05, 3.63) is 29.8 Å². The van der Waals surface area contributed by atoms with Gasteiger partial charge in [-0.1, -0.05) is 6.92 Å². The summed E-state index contributed by atoms with van der Waals surface area (Å²) in [6, 6.07) is 8.07. The lowest BCUT2D eigenvalue weighted by atomic mass is 10.2. The number of nitriles is 1. The van der Waals surface area contributed by atoms with Gasteiger partial charge >= 0.3 is 0 Å². The summed E-state index contributed by atoms with van der Waals surface area (Å²) in [6.45, 7) is 2.95. The Morgan fingerprint density at radius 1 is 1.33 bits per heavy atom. The molecule has 0 atom stereocenters. The van der Waals surface area contributed by atoms with Crippen LogP contribution in [0.1, 0.15) is 25.3 Å². The molecule has 1 aliphatic rings. The Kier molecular flexibility index (Phi) is 3.69. The van der Waals surface area contributed by atoms with Crippen molar-refractivity contribution in [1.82, 2.24) is 4.31 Å². The van der Waals surface area contributed by atoms with E-state index < -0.39 is 10.0 Å². The number of rotatable bonds is 5. The molecule has 18 heavy (non-hydrogen) atoms. The molecule has 1 aliphatic carbocycles. The molecule has 4 nitrogen and oxygen atoms in total. The third-order valence-corrected chi connectivity index (χ3v) is 5.09. The highest BCUT2D eigenvalue weighted by Gasteiger charge is 2.30. The van der Waals surface area contributed by atoms with Gasteiger partial charge in [0.25, 0.3) is 0 Å². The Hall–Kier alpha value is -1.38. The lowest BCUT2D eigenvalue weighted by Crippen LogP contribution is -2.32. The molecule has 0 radical (unpaired) electrons. The normalized spacial score (nSPS) is 15.6. The molecule has 1 saturated carbocycles. The highest BCUT2D eigenvalue weighted by atomic mass is 32.2. The van der Waals surface area contributed by atoms with E-state index in [-0.39, 0.29) is 4.90 Å². The van der Waals surface area contributed by atoms with E-state index in [1.807, 2.05) is 13.0 Å². The first-order valence-corrected chi connectivity index (χ1v) is 7.52. The number of benzene rings is 1. The van der Waals surface area contributed by atoms with E-state index in [2.05, 4.69) is 0 Å². The molecule has 96 valence electrons. The fourth-order valence-corrected chi connectivity index (χ4v) is 3.36. The molecule has 0 N–H and O–H groups in total. The van der Waals surface area contributed by atoms with Crippen LogP contribution >= 0.6 is 0 Å². The topological polar surface area (TPSA) is 61.2 Å². The molecule has 0 amide bonds. The van der Waals surface area contributed by atoms with E-state index in [0.717, 1.165) is 12.8 Å². The summed E-state index contributed by atoms with van der Waals surface area (Å²) >= 11 is 0. The molecule has 0 aromatic heterocycles. The van der Waals surface area contributed by atoms with Gasteiger partial charge in [-0.15, -0.1) is 0 Å². The second-order valence-corrected chi connectivity index (χ2v) is 6.47. The number of hydrogen-bond acceptors (Lipinski definition) is 3. The average Bonchev–Trinajstić information content (AvgIpc) is 3.19. The Morgan fingerprint density at radius 3 is 2.39 bits per heavy atom. The van der Waals surface area contributed by atoms with Crippen molar-refractivity contribution in [2.45, 2.75) is 24.7 Å². The minimum atomic E-state index is -3.41. The molecule has 0 unspecified atom stereocenters. The summed E-state index contributed by atoms with van der Waals surface area (Å²) in [4.78, 5) is 0.268. The van der Waals surface area contributed by atoms with Gasteiger partial charge in [-0.2, -0.15) is 9.57 Å². The summed E-state index contributed by atoms with van der Waals surface area (Å²) in [5.41, 5.74) is 0.471. The molecule has 0 spiro atoms. The van der Waals surface area contributed by atoms with Crippen molar-refractivity contribution in [2.75, 3.05) is 13.1 Å². The minimum Gasteiger partial charge on any atom is -0.207 e. The van der Waals surface area contributed by atoms with Crippen LogP contribution in [-0.4, -0.2) is 25.8 Å². The molecule has 0 heterocycles. The van der Waals surface area contributed by atoms with Gasteiger partial charge in [0.1, 0.15) is 0 Å². The third-order valence-electron chi connectivity index (χ3n) is 3.13. The molecule has 0 bridgehead atoms. The highest BCUT2D eigenvalue weighted by molar-refractivity contribution is 7.89. The fraction of sp³-hybridized carbons (Fsp3) is 0.462. The first-order chi connectivity index (χ1) is 8.57. The Labute approximate surface area is 108 Å². The average molecular weight is 264 g/mol. The number of sulfonamides is 1. The van der Waals surface area contributed by atoms with Gasteiger partial charge in [-0.3, -0.25) is 0 Å². The summed E-state index contributed by atoms with van der Waals surface area (Å²) in [7, 11) is -3.41. The van der Waals surface area contributed by atoms with E-state index in [9.17, 15) is 8.42 Å². The van der Waals surface area contributed by atoms with Crippen LogP contribution in [0, 0.1) is 17.2 Å². The van der Waals surface area contributed by atoms with Crippen molar-refractivity contribution in [3.8, 4) is 6.07 Å². The maximum atomic E-state index is 12.4. The first-order valence-electron chi connectivity index (χ1n) is 6.08. The summed E-state index contributed by atoms with van der Waals surface area (Å²) in [5, 5.41) is 8.70. The predicted molar refractivity (Wildman–Crippen MR) is 68.3 cm³/mol. The first kappa shape index (κ1) is 13.1. The van der Waals surface area contributed by atoms with Gasteiger partial charge in [-0.25, -0.2) is 8.42 Å². The van der Waals surface area contributed by atoms with Crippen LogP contribution in [0.15, 0.2) is 29.2 Å². The lowest BCUT2D eigenvalue weighted by molar-refractivity contribution is 0.412. The maximum absolute atomic E-state index is 12.4. The molecule has 1 fully saturated rings. The van der Waals surface area contributed by atoms with Crippen LogP contribution in [0.25, 0.3) is 0 Å². The van der Waals surface area contributed by atoms with E-state index in [0.29, 0.717) is 24.6 Å². The van der Waals surface area contributed by atoms with Crippen LogP contribution < -0.4 is 0 Å². The van der Waals surface area contributed by atoms with Crippen LogP contribution in [-0.2, 0) is 10.0 Å². The predicted octanol–water partition coefficient (Wildman–Crippen LogP) is 1.98. The molecule has 5 heteroatoms. The van der Waals surface area contributed by atoms with Crippen LogP contribution in [0.4, 0.5) is 0 Å². The van der Waals surface area contributed by atoms with Gasteiger partial charge in [-0.05, 0) is 43.0 Å². The van der Waals surface area contributed by atoms with E-state index >= 15 is 0 Å². The Morgan fingerprint density at radius 2 is 1.94 bits per heavy atom. The molecule has 0 aliphatic heterocycles. The molecule has 0 saturated heterocycles. The number of hydrogen-bond donors (Lipinski definition) is 0.